The molecule has 124 valence electrons. The molecule has 0 aromatic carbocycles. The summed E-state index contributed by atoms with van der Waals surface area (Å²) in [6.07, 6.45) is 12.0. The van der Waals surface area contributed by atoms with Crippen LogP contribution in [0.25, 0.3) is 0 Å². The van der Waals surface area contributed by atoms with E-state index in [1.54, 1.807) is 0 Å². The van der Waals surface area contributed by atoms with Gasteiger partial charge < -0.3 is 0 Å². The van der Waals surface area contributed by atoms with Crippen LogP contribution >= 0.6 is 0 Å². The molecule has 0 atom stereocenters. The predicted molar refractivity (Wildman–Crippen MR) is 84.7 cm³/mol. The predicted octanol–water partition coefficient (Wildman–Crippen LogP) is 4.33. The van der Waals surface area contributed by atoms with Gasteiger partial charge in [0, 0.05) is 0 Å². The Morgan fingerprint density at radius 1 is 0.667 bits per heavy atom. The van der Waals surface area contributed by atoms with Gasteiger partial charge in [0.15, 0.2) is 0 Å². The van der Waals surface area contributed by atoms with Crippen LogP contribution in [0.1, 0.15) is 90.9 Å². The first kappa shape index (κ1) is 20.7. The normalized spacial score (nSPS) is 10.4. The zero-order valence-corrected chi connectivity index (χ0v) is 15.9. The van der Waals surface area contributed by atoms with Gasteiger partial charge in [0.2, 0.25) is 0 Å². The van der Waals surface area contributed by atoms with Crippen LogP contribution in [-0.4, -0.2) is 33.7 Å². The Kier molecular flexibility index (Phi) is 15.9. The van der Waals surface area contributed by atoms with Crippen LogP contribution in [-0.2, 0) is 15.8 Å². The fourth-order valence-electron chi connectivity index (χ4n) is 1.92. The third kappa shape index (κ3) is 15.9. The van der Waals surface area contributed by atoms with Crippen molar-refractivity contribution < 1.29 is 15.8 Å². The van der Waals surface area contributed by atoms with E-state index < -0.39 is 21.7 Å². The molecule has 0 bridgehead atoms. The summed E-state index contributed by atoms with van der Waals surface area (Å²) < 4.78 is 10.0. The summed E-state index contributed by atoms with van der Waals surface area (Å²) in [5.41, 5.74) is 0. The summed E-state index contributed by atoms with van der Waals surface area (Å²) >= 11 is -1.39. The molecule has 0 rings (SSSR count). The van der Waals surface area contributed by atoms with E-state index in [4.69, 9.17) is 6.20 Å². The fraction of sp³-hybridized carbons (Fsp3) is 0.875. The molecule has 0 unspecified atom stereocenters. The Labute approximate surface area is 140 Å². The summed E-state index contributed by atoms with van der Waals surface area (Å²) in [4.78, 5) is 22.8. The molecule has 0 spiro atoms. The van der Waals surface area contributed by atoms with Crippen molar-refractivity contribution in [1.29, 1.82) is 0 Å². The van der Waals surface area contributed by atoms with E-state index in [0.717, 1.165) is 25.7 Å². The standard InChI is InChI=1S/C16H30O4Te/c1-3-5-7-9-11-13-15(17)19-21-20-16(18)14-12-10-8-6-4-2/h3-14H2,1-2H3. The van der Waals surface area contributed by atoms with E-state index in [2.05, 4.69) is 13.8 Å². The summed E-state index contributed by atoms with van der Waals surface area (Å²) in [5.74, 6) is -0.436. The van der Waals surface area contributed by atoms with Crippen LogP contribution in [0.5, 0.6) is 0 Å². The van der Waals surface area contributed by atoms with E-state index in [9.17, 15) is 9.59 Å². The van der Waals surface area contributed by atoms with Crippen molar-refractivity contribution in [3.8, 4) is 0 Å². The SMILES string of the molecule is CCCCCCCC(=O)O[Te]OC(=O)CCCCCCC. The second kappa shape index (κ2) is 16.1. The number of hydrogen-bond acceptors (Lipinski definition) is 4. The molecule has 0 N–H and O–H groups in total. The quantitative estimate of drug-likeness (QED) is 0.314. The van der Waals surface area contributed by atoms with Crippen LogP contribution in [0, 0.1) is 0 Å². The average molecular weight is 414 g/mol. The second-order valence-electron chi connectivity index (χ2n) is 5.31. The first-order chi connectivity index (χ1) is 10.2. The molecule has 0 saturated heterocycles. The molecule has 4 nitrogen and oxygen atoms in total. The zero-order chi connectivity index (χ0) is 15.8. The van der Waals surface area contributed by atoms with Crippen LogP contribution < -0.4 is 0 Å². The van der Waals surface area contributed by atoms with E-state index in [1.807, 2.05) is 0 Å². The topological polar surface area (TPSA) is 52.6 Å². The second-order valence-corrected chi connectivity index (χ2v) is 6.65. The molecule has 0 aromatic heterocycles. The molecule has 0 saturated carbocycles. The molecule has 21 heavy (non-hydrogen) atoms. The van der Waals surface area contributed by atoms with Gasteiger partial charge in [-0.3, -0.25) is 0 Å². The first-order valence-electron chi connectivity index (χ1n) is 8.27. The van der Waals surface area contributed by atoms with Gasteiger partial charge in [-0.2, -0.15) is 0 Å². The van der Waals surface area contributed by atoms with Crippen LogP contribution in [0.2, 0.25) is 0 Å². The van der Waals surface area contributed by atoms with Crippen molar-refractivity contribution in [2.75, 3.05) is 0 Å². The Morgan fingerprint density at radius 2 is 1.05 bits per heavy atom. The van der Waals surface area contributed by atoms with Crippen LogP contribution in [0.4, 0.5) is 0 Å². The molecule has 0 aromatic rings. The van der Waals surface area contributed by atoms with Crippen LogP contribution in [0.15, 0.2) is 0 Å². The molecule has 0 heterocycles. The van der Waals surface area contributed by atoms with E-state index >= 15 is 0 Å². The average Bonchev–Trinajstić information content (AvgIpc) is 2.47. The molecule has 0 amide bonds. The first-order valence-corrected chi connectivity index (χ1v) is 10.2. The summed E-state index contributed by atoms with van der Waals surface area (Å²) in [5, 5.41) is 0. The monoisotopic (exact) mass is 416 g/mol. The maximum absolute atomic E-state index is 11.4. The van der Waals surface area contributed by atoms with Crippen molar-refractivity contribution in [3.63, 3.8) is 0 Å². The van der Waals surface area contributed by atoms with E-state index in [0.29, 0.717) is 12.8 Å². The number of unbranched alkanes of at least 4 members (excludes halogenated alkanes) is 8. The zero-order valence-electron chi connectivity index (χ0n) is 13.5. The summed E-state index contributed by atoms with van der Waals surface area (Å²) in [6.45, 7) is 4.33. The molecular weight excluding hydrogens is 384 g/mol. The number of hydrogen-bond donors (Lipinski definition) is 0. The van der Waals surface area contributed by atoms with Gasteiger partial charge in [-0.05, 0) is 0 Å². The van der Waals surface area contributed by atoms with E-state index in [1.165, 1.54) is 38.5 Å². The van der Waals surface area contributed by atoms with Gasteiger partial charge in [-0.1, -0.05) is 0 Å². The van der Waals surface area contributed by atoms with Gasteiger partial charge >= 0.3 is 140 Å². The molecule has 0 aliphatic heterocycles. The van der Waals surface area contributed by atoms with Crippen molar-refractivity contribution in [3.05, 3.63) is 0 Å². The molecule has 0 aliphatic rings. The fourth-order valence-corrected chi connectivity index (χ4v) is 2.93. The van der Waals surface area contributed by atoms with Gasteiger partial charge in [0.25, 0.3) is 0 Å². The van der Waals surface area contributed by atoms with Gasteiger partial charge in [0.05, 0.1) is 0 Å². The molecular formula is C16H30O4Te. The Morgan fingerprint density at radius 3 is 1.43 bits per heavy atom. The number of rotatable bonds is 14. The third-order valence-electron chi connectivity index (χ3n) is 3.22. The molecule has 0 aliphatic carbocycles. The minimum absolute atomic E-state index is 0.218. The summed E-state index contributed by atoms with van der Waals surface area (Å²) in [7, 11) is 0. The molecule has 0 fully saturated rings. The molecule has 0 radical (unpaired) electrons. The number of carbonyl (C=O) groups excluding carboxylic acids is 2. The van der Waals surface area contributed by atoms with E-state index in [-0.39, 0.29) is 11.9 Å². The molecule has 5 heteroatoms. The van der Waals surface area contributed by atoms with Crippen LogP contribution in [0.3, 0.4) is 0 Å². The maximum atomic E-state index is 11.4. The summed E-state index contributed by atoms with van der Waals surface area (Å²) in [6, 6.07) is 0. The van der Waals surface area contributed by atoms with Crippen molar-refractivity contribution >= 4 is 33.7 Å². The Hall–Kier alpha value is -0.270. The van der Waals surface area contributed by atoms with Gasteiger partial charge in [-0.15, -0.1) is 0 Å². The van der Waals surface area contributed by atoms with Gasteiger partial charge in [-0.25, -0.2) is 0 Å². The minimum atomic E-state index is -1.39. The Balaban J connectivity index is 3.34. The van der Waals surface area contributed by atoms with Crippen molar-refractivity contribution in [1.82, 2.24) is 0 Å². The van der Waals surface area contributed by atoms with Crippen molar-refractivity contribution in [2.45, 2.75) is 90.9 Å². The van der Waals surface area contributed by atoms with Crippen molar-refractivity contribution in [2.24, 2.45) is 0 Å². The Bertz CT molecular complexity index is 243. The van der Waals surface area contributed by atoms with Gasteiger partial charge in [0.1, 0.15) is 0 Å². The third-order valence-corrected chi connectivity index (χ3v) is 4.67. The number of carbonyl (C=O) groups is 2.